The van der Waals surface area contributed by atoms with Crippen molar-refractivity contribution in [3.05, 3.63) is 29.8 Å². The molecule has 3 nitrogen and oxygen atoms in total. The summed E-state index contributed by atoms with van der Waals surface area (Å²) in [6.07, 6.45) is 1.20. The average Bonchev–Trinajstić information content (AvgIpc) is 2.47. The summed E-state index contributed by atoms with van der Waals surface area (Å²) in [7, 11) is 0. The molecule has 0 heterocycles. The van der Waals surface area contributed by atoms with E-state index in [2.05, 4.69) is 43.9 Å². The molecule has 0 aliphatic heterocycles. The number of hydrogen-bond donors (Lipinski definition) is 1. The van der Waals surface area contributed by atoms with Crippen molar-refractivity contribution in [2.45, 2.75) is 40.2 Å². The fraction of sp³-hybridized carbons (Fsp3) is 0.647. The first-order chi connectivity index (χ1) is 9.65. The summed E-state index contributed by atoms with van der Waals surface area (Å²) < 4.78 is 5.60. The van der Waals surface area contributed by atoms with Gasteiger partial charge in [0.2, 0.25) is 0 Å². The minimum atomic E-state index is 0.273. The molecule has 0 saturated carbocycles. The minimum absolute atomic E-state index is 0.273. The summed E-state index contributed by atoms with van der Waals surface area (Å²) in [4.78, 5) is 2.47. The van der Waals surface area contributed by atoms with Gasteiger partial charge in [0.25, 0.3) is 0 Å². The molecule has 0 fully saturated rings. The largest absolute Gasteiger partial charge is 0.494 e. The molecular formula is C17H30N2O. The Bertz CT molecular complexity index is 381. The lowest BCUT2D eigenvalue weighted by Crippen LogP contribution is -2.36. The van der Waals surface area contributed by atoms with Gasteiger partial charge >= 0.3 is 0 Å². The van der Waals surface area contributed by atoms with Crippen LogP contribution in [0.3, 0.4) is 0 Å². The normalized spacial score (nSPS) is 14.3. The molecular weight excluding hydrogens is 248 g/mol. The van der Waals surface area contributed by atoms with Crippen molar-refractivity contribution in [1.82, 2.24) is 4.90 Å². The number of ether oxygens (including phenoxy) is 1. The molecule has 2 unspecified atom stereocenters. The van der Waals surface area contributed by atoms with Gasteiger partial charge in [-0.1, -0.05) is 39.3 Å². The van der Waals surface area contributed by atoms with Gasteiger partial charge in [0.15, 0.2) is 0 Å². The van der Waals surface area contributed by atoms with Crippen LogP contribution >= 0.6 is 0 Å². The van der Waals surface area contributed by atoms with Crippen LogP contribution in [-0.4, -0.2) is 31.1 Å². The molecule has 114 valence electrons. The minimum Gasteiger partial charge on any atom is -0.494 e. The quantitative estimate of drug-likeness (QED) is 0.752. The van der Waals surface area contributed by atoms with Crippen LogP contribution in [-0.2, 0) is 0 Å². The molecule has 0 bridgehead atoms. The van der Waals surface area contributed by atoms with E-state index in [4.69, 9.17) is 10.5 Å². The molecule has 0 amide bonds. The van der Waals surface area contributed by atoms with Crippen molar-refractivity contribution in [3.63, 3.8) is 0 Å². The molecule has 1 aromatic rings. The van der Waals surface area contributed by atoms with Crippen LogP contribution in [0.1, 0.15) is 45.7 Å². The molecule has 2 atom stereocenters. The third-order valence-electron chi connectivity index (χ3n) is 3.87. The van der Waals surface area contributed by atoms with E-state index in [1.165, 1.54) is 12.0 Å². The van der Waals surface area contributed by atoms with Crippen molar-refractivity contribution >= 4 is 0 Å². The van der Waals surface area contributed by atoms with Crippen molar-refractivity contribution in [1.29, 1.82) is 0 Å². The van der Waals surface area contributed by atoms with Crippen LogP contribution in [0.2, 0.25) is 0 Å². The summed E-state index contributed by atoms with van der Waals surface area (Å²) in [6, 6.07) is 8.61. The van der Waals surface area contributed by atoms with E-state index < -0.39 is 0 Å². The second kappa shape index (κ2) is 8.98. The highest BCUT2D eigenvalue weighted by atomic mass is 16.5. The van der Waals surface area contributed by atoms with Crippen LogP contribution < -0.4 is 10.5 Å². The van der Waals surface area contributed by atoms with Gasteiger partial charge in [-0.3, -0.25) is 4.90 Å². The number of rotatable bonds is 9. The zero-order chi connectivity index (χ0) is 15.0. The molecule has 0 aromatic heterocycles. The summed E-state index contributed by atoms with van der Waals surface area (Å²) in [5, 5.41) is 0. The van der Waals surface area contributed by atoms with Crippen molar-refractivity contribution < 1.29 is 4.74 Å². The van der Waals surface area contributed by atoms with Gasteiger partial charge < -0.3 is 10.5 Å². The lowest BCUT2D eigenvalue weighted by molar-refractivity contribution is 0.182. The first kappa shape index (κ1) is 17.0. The molecule has 0 aliphatic rings. The summed E-state index contributed by atoms with van der Waals surface area (Å²) in [5.74, 6) is 1.63. The fourth-order valence-electron chi connectivity index (χ4n) is 2.48. The third-order valence-corrected chi connectivity index (χ3v) is 3.87. The average molecular weight is 278 g/mol. The van der Waals surface area contributed by atoms with Crippen molar-refractivity contribution in [2.75, 3.05) is 26.2 Å². The second-order valence-electron chi connectivity index (χ2n) is 5.36. The molecule has 0 saturated heterocycles. The smallest absolute Gasteiger partial charge is 0.119 e. The van der Waals surface area contributed by atoms with E-state index in [-0.39, 0.29) is 6.04 Å². The monoisotopic (exact) mass is 278 g/mol. The Labute approximate surface area is 124 Å². The van der Waals surface area contributed by atoms with Crippen molar-refractivity contribution in [3.8, 4) is 5.75 Å². The number of nitrogens with two attached hydrogens (primary N) is 1. The lowest BCUT2D eigenvalue weighted by Gasteiger charge is -2.32. The molecule has 3 heteroatoms. The van der Waals surface area contributed by atoms with E-state index in [1.54, 1.807) is 0 Å². The van der Waals surface area contributed by atoms with E-state index in [1.807, 2.05) is 13.0 Å². The van der Waals surface area contributed by atoms with Crippen LogP contribution in [0.25, 0.3) is 0 Å². The second-order valence-corrected chi connectivity index (χ2v) is 5.36. The highest BCUT2D eigenvalue weighted by Gasteiger charge is 2.19. The lowest BCUT2D eigenvalue weighted by atomic mass is 10.0. The first-order valence-corrected chi connectivity index (χ1v) is 7.83. The zero-order valence-electron chi connectivity index (χ0n) is 13.4. The number of benzene rings is 1. The van der Waals surface area contributed by atoms with Gasteiger partial charge in [0.1, 0.15) is 5.75 Å². The Kier molecular flexibility index (Phi) is 7.63. The van der Waals surface area contributed by atoms with Gasteiger partial charge in [-0.15, -0.1) is 0 Å². The highest BCUT2D eigenvalue weighted by Crippen LogP contribution is 2.24. The van der Waals surface area contributed by atoms with Crippen LogP contribution in [0.15, 0.2) is 24.3 Å². The molecule has 2 N–H and O–H groups in total. The Morgan fingerprint density at radius 1 is 1.25 bits per heavy atom. The highest BCUT2D eigenvalue weighted by molar-refractivity contribution is 5.31. The van der Waals surface area contributed by atoms with E-state index in [0.29, 0.717) is 19.1 Å². The Morgan fingerprint density at radius 2 is 2.00 bits per heavy atom. The SMILES string of the molecule is CCOc1cccc(C(CN)N(CC)CC(C)CC)c1. The first-order valence-electron chi connectivity index (χ1n) is 7.83. The van der Waals surface area contributed by atoms with Gasteiger partial charge in [0, 0.05) is 19.1 Å². The molecule has 1 rings (SSSR count). The summed E-state index contributed by atoms with van der Waals surface area (Å²) >= 11 is 0. The molecule has 20 heavy (non-hydrogen) atoms. The predicted octanol–water partition coefficient (Wildman–Crippen LogP) is 3.45. The molecule has 0 radical (unpaired) electrons. The number of hydrogen-bond acceptors (Lipinski definition) is 3. The summed E-state index contributed by atoms with van der Waals surface area (Å²) in [6.45, 7) is 12.2. The fourth-order valence-corrected chi connectivity index (χ4v) is 2.48. The Hall–Kier alpha value is -1.06. The Balaban J connectivity index is 2.89. The third kappa shape index (κ3) is 4.80. The molecule has 0 aliphatic carbocycles. The molecule has 0 spiro atoms. The van der Waals surface area contributed by atoms with Crippen LogP contribution in [0.5, 0.6) is 5.75 Å². The maximum atomic E-state index is 6.04. The summed E-state index contributed by atoms with van der Waals surface area (Å²) in [5.41, 5.74) is 7.29. The van der Waals surface area contributed by atoms with Gasteiger partial charge in [0.05, 0.1) is 6.61 Å². The maximum absolute atomic E-state index is 6.04. The van der Waals surface area contributed by atoms with E-state index >= 15 is 0 Å². The predicted molar refractivity (Wildman–Crippen MR) is 86.1 cm³/mol. The maximum Gasteiger partial charge on any atom is 0.119 e. The molecule has 1 aromatic carbocycles. The van der Waals surface area contributed by atoms with E-state index in [9.17, 15) is 0 Å². The number of likely N-dealkylation sites (N-methyl/N-ethyl adjacent to an activating group) is 1. The number of nitrogens with zero attached hydrogens (tertiary/aromatic N) is 1. The van der Waals surface area contributed by atoms with Gasteiger partial charge in [-0.2, -0.15) is 0 Å². The van der Waals surface area contributed by atoms with Gasteiger partial charge in [-0.25, -0.2) is 0 Å². The van der Waals surface area contributed by atoms with Crippen LogP contribution in [0, 0.1) is 5.92 Å². The van der Waals surface area contributed by atoms with E-state index in [0.717, 1.165) is 18.8 Å². The van der Waals surface area contributed by atoms with Crippen LogP contribution in [0.4, 0.5) is 0 Å². The van der Waals surface area contributed by atoms with Crippen molar-refractivity contribution in [2.24, 2.45) is 11.7 Å². The van der Waals surface area contributed by atoms with Gasteiger partial charge in [-0.05, 0) is 37.1 Å². The topological polar surface area (TPSA) is 38.5 Å². The zero-order valence-corrected chi connectivity index (χ0v) is 13.4. The Morgan fingerprint density at radius 3 is 2.55 bits per heavy atom. The standard InChI is InChI=1S/C17H30N2O/c1-5-14(4)13-19(6-2)17(12-18)15-9-8-10-16(11-15)20-7-3/h8-11,14,17H,5-7,12-13,18H2,1-4H3.